The van der Waals surface area contributed by atoms with E-state index in [0.29, 0.717) is 6.42 Å². The predicted molar refractivity (Wildman–Crippen MR) is 66.0 cm³/mol. The van der Waals surface area contributed by atoms with Crippen molar-refractivity contribution in [1.82, 2.24) is 5.32 Å². The number of rotatable bonds is 1. The molecular formula is C10H14Cl3NO2. The Bertz CT molecular complexity index is 323. The van der Waals surface area contributed by atoms with Gasteiger partial charge in [0.25, 0.3) is 0 Å². The largest absolute Gasteiger partial charge is 0.468 e. The third-order valence-electron chi connectivity index (χ3n) is 2.80. The predicted octanol–water partition coefficient (Wildman–Crippen LogP) is 2.60. The number of carbonyl (C=O) groups is 1. The topological polar surface area (TPSA) is 38.3 Å². The van der Waals surface area contributed by atoms with Gasteiger partial charge in [-0.25, -0.2) is 0 Å². The fourth-order valence-electron chi connectivity index (χ4n) is 1.73. The standard InChI is InChI=1S/C10H14Cl3NO2/c1-5-4-7(9(15)16-3)14-8(6(5)2)10(11,12)13/h7-8,14H,4H2,1-3H3/t7?,8-/m0/s1. The van der Waals surface area contributed by atoms with E-state index in [2.05, 4.69) is 10.1 Å². The van der Waals surface area contributed by atoms with E-state index in [1.165, 1.54) is 7.11 Å². The molecule has 92 valence electrons. The highest BCUT2D eigenvalue weighted by molar-refractivity contribution is 6.68. The summed E-state index contributed by atoms with van der Waals surface area (Å²) < 4.78 is 3.21. The van der Waals surface area contributed by atoms with Crippen LogP contribution < -0.4 is 5.32 Å². The summed E-state index contributed by atoms with van der Waals surface area (Å²) in [5.74, 6) is -0.342. The van der Waals surface area contributed by atoms with Crippen LogP contribution >= 0.6 is 34.8 Å². The summed E-state index contributed by atoms with van der Waals surface area (Å²) >= 11 is 17.6. The van der Waals surface area contributed by atoms with Crippen LogP contribution in [0, 0.1) is 0 Å². The van der Waals surface area contributed by atoms with Gasteiger partial charge in [0, 0.05) is 0 Å². The highest BCUT2D eigenvalue weighted by Crippen LogP contribution is 2.37. The van der Waals surface area contributed by atoms with Crippen molar-refractivity contribution in [2.45, 2.75) is 36.1 Å². The van der Waals surface area contributed by atoms with E-state index < -0.39 is 15.9 Å². The molecule has 1 N–H and O–H groups in total. The molecule has 2 atom stereocenters. The molecule has 16 heavy (non-hydrogen) atoms. The normalized spacial score (nSPS) is 26.9. The Labute approximate surface area is 110 Å². The first-order valence-corrected chi connectivity index (χ1v) is 5.97. The molecular weight excluding hydrogens is 272 g/mol. The molecule has 1 rings (SSSR count). The number of hydrogen-bond donors (Lipinski definition) is 1. The van der Waals surface area contributed by atoms with Crippen molar-refractivity contribution in [2.75, 3.05) is 7.11 Å². The number of alkyl halides is 3. The highest BCUT2D eigenvalue weighted by atomic mass is 35.6. The maximum atomic E-state index is 11.5. The van der Waals surface area contributed by atoms with Crippen molar-refractivity contribution in [2.24, 2.45) is 0 Å². The van der Waals surface area contributed by atoms with E-state index in [4.69, 9.17) is 34.8 Å². The Kier molecular flexibility index (Phi) is 4.52. The van der Waals surface area contributed by atoms with Gasteiger partial charge in [-0.05, 0) is 20.3 Å². The van der Waals surface area contributed by atoms with Crippen LogP contribution in [0.2, 0.25) is 0 Å². The summed E-state index contributed by atoms with van der Waals surface area (Å²) in [6, 6.07) is -0.912. The van der Waals surface area contributed by atoms with E-state index >= 15 is 0 Å². The van der Waals surface area contributed by atoms with Crippen LogP contribution in [0.25, 0.3) is 0 Å². The third-order valence-corrected chi connectivity index (χ3v) is 3.45. The van der Waals surface area contributed by atoms with E-state index in [0.717, 1.165) is 11.1 Å². The lowest BCUT2D eigenvalue weighted by molar-refractivity contribution is -0.143. The Morgan fingerprint density at radius 3 is 2.44 bits per heavy atom. The SMILES string of the molecule is COC(=O)C1CC(C)=C(C)[C@@H](C(Cl)(Cl)Cl)N1. The van der Waals surface area contributed by atoms with Crippen LogP contribution in [-0.2, 0) is 9.53 Å². The van der Waals surface area contributed by atoms with E-state index in [1.807, 2.05) is 13.8 Å². The number of halogens is 3. The van der Waals surface area contributed by atoms with Gasteiger partial charge in [-0.1, -0.05) is 45.9 Å². The van der Waals surface area contributed by atoms with Crippen LogP contribution in [0.5, 0.6) is 0 Å². The molecule has 0 aromatic heterocycles. The molecule has 1 aliphatic heterocycles. The number of methoxy groups -OCH3 is 1. The average molecular weight is 287 g/mol. The Balaban J connectivity index is 2.95. The molecule has 1 heterocycles. The van der Waals surface area contributed by atoms with Crippen molar-refractivity contribution in [3.05, 3.63) is 11.1 Å². The second-order valence-electron chi connectivity index (χ2n) is 3.88. The molecule has 0 radical (unpaired) electrons. The Hall–Kier alpha value is 0.0400. The molecule has 0 spiro atoms. The Morgan fingerprint density at radius 1 is 1.44 bits per heavy atom. The molecule has 1 aliphatic rings. The zero-order chi connectivity index (χ0) is 12.5. The number of ether oxygens (including phenoxy) is 1. The van der Waals surface area contributed by atoms with Gasteiger partial charge in [0.15, 0.2) is 0 Å². The van der Waals surface area contributed by atoms with Gasteiger partial charge in [-0.15, -0.1) is 0 Å². The van der Waals surface area contributed by atoms with Crippen molar-refractivity contribution in [3.63, 3.8) is 0 Å². The Morgan fingerprint density at radius 2 is 2.00 bits per heavy atom. The highest BCUT2D eigenvalue weighted by Gasteiger charge is 2.40. The van der Waals surface area contributed by atoms with Gasteiger partial charge < -0.3 is 4.74 Å². The van der Waals surface area contributed by atoms with E-state index in [-0.39, 0.29) is 5.97 Å². The quantitative estimate of drug-likeness (QED) is 0.457. The number of carbonyl (C=O) groups excluding carboxylic acids is 1. The molecule has 6 heteroatoms. The number of esters is 1. The van der Waals surface area contributed by atoms with Gasteiger partial charge >= 0.3 is 5.97 Å². The first-order chi connectivity index (χ1) is 7.27. The van der Waals surface area contributed by atoms with E-state index in [1.54, 1.807) is 0 Å². The second-order valence-corrected chi connectivity index (χ2v) is 6.25. The summed E-state index contributed by atoms with van der Waals surface area (Å²) in [7, 11) is 1.34. The maximum absolute atomic E-state index is 11.5. The summed E-state index contributed by atoms with van der Waals surface area (Å²) in [6.07, 6.45) is 0.579. The minimum Gasteiger partial charge on any atom is -0.468 e. The fourth-order valence-corrected chi connectivity index (χ4v) is 2.41. The summed E-state index contributed by atoms with van der Waals surface area (Å²) in [6.45, 7) is 3.82. The molecule has 0 aromatic carbocycles. The van der Waals surface area contributed by atoms with Crippen molar-refractivity contribution < 1.29 is 9.53 Å². The molecule has 0 fully saturated rings. The molecule has 0 aromatic rings. The molecule has 1 unspecified atom stereocenters. The third kappa shape index (κ3) is 3.04. The smallest absolute Gasteiger partial charge is 0.323 e. The van der Waals surface area contributed by atoms with Gasteiger partial charge in [0.1, 0.15) is 6.04 Å². The zero-order valence-corrected chi connectivity index (χ0v) is 11.6. The molecule has 0 saturated carbocycles. The number of hydrogen-bond acceptors (Lipinski definition) is 3. The monoisotopic (exact) mass is 285 g/mol. The fraction of sp³-hybridized carbons (Fsp3) is 0.700. The lowest BCUT2D eigenvalue weighted by Gasteiger charge is -2.35. The lowest BCUT2D eigenvalue weighted by Crippen LogP contribution is -2.53. The second kappa shape index (κ2) is 5.13. The van der Waals surface area contributed by atoms with Crippen LogP contribution in [0.1, 0.15) is 20.3 Å². The average Bonchev–Trinajstić information content (AvgIpc) is 2.18. The first-order valence-electron chi connectivity index (χ1n) is 4.84. The molecule has 0 amide bonds. The summed E-state index contributed by atoms with van der Waals surface area (Å²) in [4.78, 5) is 11.5. The van der Waals surface area contributed by atoms with Gasteiger partial charge in [-0.3, -0.25) is 10.1 Å². The molecule has 3 nitrogen and oxygen atoms in total. The van der Waals surface area contributed by atoms with Gasteiger partial charge in [-0.2, -0.15) is 0 Å². The molecule has 0 saturated heterocycles. The van der Waals surface area contributed by atoms with Gasteiger partial charge in [0.05, 0.1) is 13.2 Å². The summed E-state index contributed by atoms with van der Waals surface area (Å²) in [5.41, 5.74) is 2.01. The van der Waals surface area contributed by atoms with Crippen LogP contribution in [-0.4, -0.2) is 29.0 Å². The van der Waals surface area contributed by atoms with Crippen LogP contribution in [0.4, 0.5) is 0 Å². The molecule has 0 bridgehead atoms. The van der Waals surface area contributed by atoms with Crippen molar-refractivity contribution in [3.8, 4) is 0 Å². The molecule has 0 aliphatic carbocycles. The lowest BCUT2D eigenvalue weighted by atomic mass is 9.93. The minimum atomic E-state index is -1.47. The van der Waals surface area contributed by atoms with Crippen LogP contribution in [0.3, 0.4) is 0 Å². The van der Waals surface area contributed by atoms with Gasteiger partial charge in [0.2, 0.25) is 3.79 Å². The minimum absolute atomic E-state index is 0.342. The van der Waals surface area contributed by atoms with Crippen molar-refractivity contribution >= 4 is 40.8 Å². The summed E-state index contributed by atoms with van der Waals surface area (Å²) in [5, 5.41) is 3.00. The zero-order valence-electron chi connectivity index (χ0n) is 9.31. The van der Waals surface area contributed by atoms with Crippen molar-refractivity contribution in [1.29, 1.82) is 0 Å². The number of nitrogens with one attached hydrogen (secondary N) is 1. The first kappa shape index (κ1) is 14.1. The van der Waals surface area contributed by atoms with Crippen LogP contribution in [0.15, 0.2) is 11.1 Å². The van der Waals surface area contributed by atoms with E-state index in [9.17, 15) is 4.79 Å². The maximum Gasteiger partial charge on any atom is 0.323 e.